The Balaban J connectivity index is 1.27. The van der Waals surface area contributed by atoms with Gasteiger partial charge in [0.25, 0.3) is 0 Å². The summed E-state index contributed by atoms with van der Waals surface area (Å²) in [5.41, 5.74) is 11.8. The topological polar surface area (TPSA) is 215 Å². The summed E-state index contributed by atoms with van der Waals surface area (Å²) in [6, 6.07) is 21.5. The molecule has 4 rings (SSSR count). The van der Waals surface area contributed by atoms with E-state index < -0.39 is 24.0 Å². The van der Waals surface area contributed by atoms with E-state index >= 15 is 0 Å². The average molecular weight is 842 g/mol. The number of anilines is 1. The number of fused-ring (bicyclic) bond motifs is 1. The molecule has 16 nitrogen and oxygen atoms in total. The van der Waals surface area contributed by atoms with Crippen molar-refractivity contribution >= 4 is 34.4 Å². The number of carbonyl (C=O) groups excluding carboxylic acids is 2. The van der Waals surface area contributed by atoms with Crippen LogP contribution in [0.4, 0.5) is 5.82 Å². The van der Waals surface area contributed by atoms with Crippen LogP contribution < -0.4 is 20.7 Å². The summed E-state index contributed by atoms with van der Waals surface area (Å²) in [5.74, 6) is -0.465. The predicted octanol–water partition coefficient (Wildman–Crippen LogP) is 7.02. The number of aryl methyl sites for hydroxylation is 1. The number of hydrogen-bond acceptors (Lipinski definition) is 11. The number of amides is 2. The number of ether oxygens (including phenoxy) is 5. The molecule has 4 aromatic rings. The first-order valence-electron chi connectivity index (χ1n) is 20.7. The van der Waals surface area contributed by atoms with Crippen LogP contribution in [0.3, 0.4) is 0 Å². The van der Waals surface area contributed by atoms with Crippen LogP contribution in [-0.4, -0.2) is 106 Å². The van der Waals surface area contributed by atoms with Gasteiger partial charge in [-0.05, 0) is 70.6 Å². The quantitative estimate of drug-likeness (QED) is 0.0181. The number of azide groups is 1. The number of carbonyl (C=O) groups is 3. The molecular weight excluding hydrogens is 783 g/mol. The molecule has 0 bridgehead atoms. The lowest BCUT2D eigenvalue weighted by Crippen LogP contribution is -2.51. The molecule has 0 fully saturated rings. The van der Waals surface area contributed by atoms with E-state index in [1.807, 2.05) is 93.6 Å². The number of aliphatic carboxylic acids is 1. The van der Waals surface area contributed by atoms with Crippen LogP contribution >= 0.6 is 0 Å². The first-order valence-corrected chi connectivity index (χ1v) is 20.7. The fraction of sp³-hybridized carbons (Fsp3) is 0.467. The minimum absolute atomic E-state index is 0.183. The molecule has 61 heavy (non-hydrogen) atoms. The van der Waals surface area contributed by atoms with E-state index in [1.54, 1.807) is 6.20 Å². The van der Waals surface area contributed by atoms with Gasteiger partial charge in [0.05, 0.1) is 65.3 Å². The van der Waals surface area contributed by atoms with Gasteiger partial charge < -0.3 is 44.7 Å². The van der Waals surface area contributed by atoms with Crippen LogP contribution in [0, 0.1) is 12.8 Å². The van der Waals surface area contributed by atoms with Crippen molar-refractivity contribution in [2.75, 3.05) is 77.9 Å². The summed E-state index contributed by atoms with van der Waals surface area (Å²) in [6.45, 7) is 10.3. The minimum atomic E-state index is -1.06. The molecule has 2 amide bonds. The lowest BCUT2D eigenvalue weighted by Gasteiger charge is -2.26. The Bertz CT molecular complexity index is 2010. The van der Waals surface area contributed by atoms with E-state index in [-0.39, 0.29) is 24.7 Å². The van der Waals surface area contributed by atoms with Crippen molar-refractivity contribution in [3.63, 3.8) is 0 Å². The van der Waals surface area contributed by atoms with E-state index in [2.05, 4.69) is 31.0 Å². The second-order valence-corrected chi connectivity index (χ2v) is 14.4. The number of carboxylic acid groups (broad SMARTS) is 1. The molecule has 0 spiro atoms. The van der Waals surface area contributed by atoms with Gasteiger partial charge in [-0.25, -0.2) is 4.98 Å². The van der Waals surface area contributed by atoms with Gasteiger partial charge in [0.1, 0.15) is 24.2 Å². The van der Waals surface area contributed by atoms with Crippen LogP contribution in [0.2, 0.25) is 0 Å². The molecule has 0 aliphatic rings. The van der Waals surface area contributed by atoms with Crippen molar-refractivity contribution in [1.29, 1.82) is 0 Å². The maximum absolute atomic E-state index is 13.7. The van der Waals surface area contributed by atoms with Crippen molar-refractivity contribution < 1.29 is 43.2 Å². The van der Waals surface area contributed by atoms with Crippen molar-refractivity contribution in [2.24, 2.45) is 11.0 Å². The van der Waals surface area contributed by atoms with E-state index in [0.717, 1.165) is 39.0 Å². The van der Waals surface area contributed by atoms with Crippen LogP contribution in [0.25, 0.3) is 32.3 Å². The Morgan fingerprint density at radius 1 is 0.836 bits per heavy atom. The number of nitrogens with one attached hydrogen (secondary N) is 3. The fourth-order valence-corrected chi connectivity index (χ4v) is 6.40. The van der Waals surface area contributed by atoms with Crippen molar-refractivity contribution in [2.45, 2.75) is 58.5 Å². The smallest absolute Gasteiger partial charge is 0.305 e. The van der Waals surface area contributed by atoms with Gasteiger partial charge in [0.2, 0.25) is 11.8 Å². The summed E-state index contributed by atoms with van der Waals surface area (Å²) < 4.78 is 28.0. The Morgan fingerprint density at radius 3 is 2.13 bits per heavy atom. The van der Waals surface area contributed by atoms with Crippen LogP contribution in [0.15, 0.2) is 84.1 Å². The number of rotatable bonds is 30. The third-order valence-electron chi connectivity index (χ3n) is 9.82. The monoisotopic (exact) mass is 841 g/mol. The third kappa shape index (κ3) is 17.0. The van der Waals surface area contributed by atoms with E-state index in [1.165, 1.54) is 0 Å². The average Bonchev–Trinajstić information content (AvgIpc) is 3.26. The zero-order chi connectivity index (χ0) is 43.7. The molecule has 0 aliphatic heterocycles. The zero-order valence-electron chi connectivity index (χ0n) is 35.3. The second kappa shape index (κ2) is 27.2. The fourth-order valence-electron chi connectivity index (χ4n) is 6.40. The second-order valence-electron chi connectivity index (χ2n) is 14.4. The molecule has 0 unspecified atom stereocenters. The molecule has 1 aromatic heterocycles. The lowest BCUT2D eigenvalue weighted by atomic mass is 9.94. The summed E-state index contributed by atoms with van der Waals surface area (Å²) in [6.07, 6.45) is 2.79. The largest absolute Gasteiger partial charge is 0.491 e. The number of aromatic nitrogens is 1. The number of benzene rings is 3. The van der Waals surface area contributed by atoms with Crippen molar-refractivity contribution in [3.8, 4) is 16.9 Å². The Hall–Kier alpha value is -5.77. The van der Waals surface area contributed by atoms with Crippen LogP contribution in [0.1, 0.15) is 56.7 Å². The Kier molecular flexibility index (Phi) is 21.3. The molecule has 4 N–H and O–H groups in total. The molecule has 1 heterocycles. The van der Waals surface area contributed by atoms with E-state index in [9.17, 15) is 19.5 Å². The summed E-state index contributed by atoms with van der Waals surface area (Å²) in [5, 5.41) is 24.2. The molecular formula is C45H59N7O9. The molecule has 0 aliphatic carbocycles. The lowest BCUT2D eigenvalue weighted by molar-refractivity contribution is -0.138. The van der Waals surface area contributed by atoms with Gasteiger partial charge in [-0.2, -0.15) is 0 Å². The summed E-state index contributed by atoms with van der Waals surface area (Å²) in [4.78, 5) is 45.6. The minimum Gasteiger partial charge on any atom is -0.491 e. The van der Waals surface area contributed by atoms with Gasteiger partial charge in [-0.3, -0.25) is 14.4 Å². The first kappa shape index (κ1) is 47.9. The highest BCUT2D eigenvalue weighted by molar-refractivity contribution is 6.00. The summed E-state index contributed by atoms with van der Waals surface area (Å²) in [7, 11) is 0. The Labute approximate surface area is 357 Å². The maximum atomic E-state index is 13.7. The molecule has 16 heteroatoms. The summed E-state index contributed by atoms with van der Waals surface area (Å²) >= 11 is 0. The Morgan fingerprint density at radius 2 is 1.49 bits per heavy atom. The third-order valence-corrected chi connectivity index (χ3v) is 9.82. The van der Waals surface area contributed by atoms with Gasteiger partial charge >= 0.3 is 5.97 Å². The molecule has 3 atom stereocenters. The first-order chi connectivity index (χ1) is 29.7. The van der Waals surface area contributed by atoms with Crippen LogP contribution in [0.5, 0.6) is 5.75 Å². The van der Waals surface area contributed by atoms with Crippen molar-refractivity contribution in [1.82, 2.24) is 15.6 Å². The van der Waals surface area contributed by atoms with Crippen LogP contribution in [-0.2, 0) is 33.3 Å². The number of carboxylic acids is 1. The van der Waals surface area contributed by atoms with Gasteiger partial charge in [0.15, 0.2) is 0 Å². The van der Waals surface area contributed by atoms with Crippen molar-refractivity contribution in [3.05, 3.63) is 101 Å². The van der Waals surface area contributed by atoms with Gasteiger partial charge in [-0.1, -0.05) is 80.0 Å². The van der Waals surface area contributed by atoms with E-state index in [4.69, 9.17) is 29.2 Å². The number of nitrogens with zero attached hydrogens (tertiary/aromatic N) is 4. The molecule has 0 saturated carbocycles. The molecule has 3 aromatic carbocycles. The highest BCUT2D eigenvalue weighted by atomic mass is 16.6. The highest BCUT2D eigenvalue weighted by Crippen LogP contribution is 2.35. The van der Waals surface area contributed by atoms with E-state index in [0.29, 0.717) is 91.0 Å². The zero-order valence-corrected chi connectivity index (χ0v) is 35.3. The predicted molar refractivity (Wildman–Crippen MR) is 233 cm³/mol. The molecule has 0 radical (unpaired) electrons. The number of hydrogen-bond donors (Lipinski definition) is 4. The number of pyridine rings is 1. The molecule has 0 saturated heterocycles. The normalized spacial score (nSPS) is 12.5. The van der Waals surface area contributed by atoms with Gasteiger partial charge in [0, 0.05) is 36.0 Å². The maximum Gasteiger partial charge on any atom is 0.305 e. The van der Waals surface area contributed by atoms with Gasteiger partial charge in [-0.15, -0.1) is 0 Å². The SMILES string of the molecule is CC[C@H](C)[C@H](NC(=O)CCCNc1cc(C)ccn1)C(=O)N[C@@H](CC(=O)O)c1ccc(-c2ccc(OCCOCCOCCOCCOCCN=[N+]=[N-])c3ccccc23)cc1. The molecule has 328 valence electrons. The standard InChI is InChI=1S/C45H59N7O9/c1-4-33(3)44(51-42(53)10-7-18-47-41-30-32(2)17-19-48-41)45(56)50-39(31-43(54)55)35-13-11-34(12-14-35)36-15-16-40(38-9-6-5-8-37(36)38)61-29-28-60-27-26-59-25-24-58-23-22-57-21-20-49-52-46/h5-6,8-9,11-17,19,30,33,39,44H,4,7,10,18,20-29,31H2,1-3H3,(H,47,48)(H,50,56)(H,51,53)(H,54,55)/t33-,39-,44-/m0/s1. The highest BCUT2D eigenvalue weighted by Gasteiger charge is 2.29.